The van der Waals surface area contributed by atoms with Crippen LogP contribution in [0.1, 0.15) is 24.8 Å². The van der Waals surface area contributed by atoms with Crippen LogP contribution in [0, 0.1) is 18.8 Å². The lowest BCUT2D eigenvalue weighted by atomic mass is 9.78. The van der Waals surface area contributed by atoms with Crippen molar-refractivity contribution >= 4 is 23.2 Å². The van der Waals surface area contributed by atoms with Crippen molar-refractivity contribution in [1.82, 2.24) is 4.90 Å². The Balaban J connectivity index is 1.56. The van der Waals surface area contributed by atoms with Crippen LogP contribution in [0.2, 0.25) is 5.02 Å². The molecule has 1 saturated carbocycles. The fraction of sp³-hybridized carbons (Fsp3) is 0.588. The quantitative estimate of drug-likeness (QED) is 0.900. The molecule has 1 aromatic rings. The Labute approximate surface area is 137 Å². The van der Waals surface area contributed by atoms with Crippen molar-refractivity contribution in [2.45, 2.75) is 32.2 Å². The molecule has 1 aliphatic heterocycles. The number of hydrogen-bond acceptors (Lipinski definition) is 3. The monoisotopic (exact) mass is 321 g/mol. The van der Waals surface area contributed by atoms with E-state index in [2.05, 4.69) is 10.2 Å². The molecule has 1 heterocycles. The first-order valence-corrected chi connectivity index (χ1v) is 8.44. The van der Waals surface area contributed by atoms with Gasteiger partial charge in [0.15, 0.2) is 0 Å². The van der Waals surface area contributed by atoms with Gasteiger partial charge >= 0.3 is 0 Å². The Morgan fingerprint density at radius 2 is 2.23 bits per heavy atom. The van der Waals surface area contributed by atoms with Crippen LogP contribution in [0.5, 0.6) is 0 Å². The number of nitrogens with zero attached hydrogens (tertiary/aromatic N) is 1. The molecular weight excluding hydrogens is 298 g/mol. The molecule has 0 bridgehead atoms. The first-order valence-electron chi connectivity index (χ1n) is 8.07. The van der Waals surface area contributed by atoms with E-state index >= 15 is 0 Å². The van der Waals surface area contributed by atoms with Gasteiger partial charge in [0.25, 0.3) is 0 Å². The third kappa shape index (κ3) is 3.45. The van der Waals surface area contributed by atoms with Crippen molar-refractivity contribution in [3.05, 3.63) is 28.8 Å². The summed E-state index contributed by atoms with van der Waals surface area (Å²) < 4.78 is 0. The summed E-state index contributed by atoms with van der Waals surface area (Å²) in [6, 6.07) is 5.97. The zero-order valence-electron chi connectivity index (χ0n) is 13.0. The lowest BCUT2D eigenvalue weighted by molar-refractivity contribution is -0.117. The molecule has 3 unspecified atom stereocenters. The van der Waals surface area contributed by atoms with E-state index in [1.165, 1.54) is 12.8 Å². The first kappa shape index (κ1) is 15.8. The van der Waals surface area contributed by atoms with Crippen molar-refractivity contribution in [2.24, 2.45) is 17.6 Å². The average Bonchev–Trinajstić information content (AvgIpc) is 2.86. The van der Waals surface area contributed by atoms with E-state index in [9.17, 15) is 4.79 Å². The van der Waals surface area contributed by atoms with E-state index < -0.39 is 0 Å². The predicted molar refractivity (Wildman–Crippen MR) is 90.1 cm³/mol. The van der Waals surface area contributed by atoms with Gasteiger partial charge in [-0.15, -0.1) is 0 Å². The van der Waals surface area contributed by atoms with Gasteiger partial charge in [0.05, 0.1) is 17.3 Å². The van der Waals surface area contributed by atoms with Gasteiger partial charge in [-0.05, 0) is 49.3 Å². The molecule has 3 N–H and O–H groups in total. The molecule has 1 amide bonds. The molecule has 120 valence electrons. The molecular formula is C17H24ClN3O. The van der Waals surface area contributed by atoms with Gasteiger partial charge in [-0.1, -0.05) is 24.1 Å². The van der Waals surface area contributed by atoms with E-state index in [1.807, 2.05) is 25.1 Å². The van der Waals surface area contributed by atoms with Gasteiger partial charge in [0.1, 0.15) is 0 Å². The smallest absolute Gasteiger partial charge is 0.238 e. The second-order valence-corrected chi connectivity index (χ2v) is 7.15. The topological polar surface area (TPSA) is 58.4 Å². The van der Waals surface area contributed by atoms with E-state index in [0.717, 1.165) is 25.1 Å². The van der Waals surface area contributed by atoms with Crippen LogP contribution in [-0.4, -0.2) is 36.5 Å². The van der Waals surface area contributed by atoms with Crippen molar-refractivity contribution in [3.63, 3.8) is 0 Å². The highest BCUT2D eigenvalue weighted by molar-refractivity contribution is 6.33. The number of amides is 1. The van der Waals surface area contributed by atoms with Gasteiger partial charge < -0.3 is 11.1 Å². The summed E-state index contributed by atoms with van der Waals surface area (Å²) in [5, 5.41) is 3.50. The number of carbonyl (C=O) groups is 1. The van der Waals surface area contributed by atoms with Crippen molar-refractivity contribution in [2.75, 3.05) is 25.0 Å². The highest BCUT2D eigenvalue weighted by Crippen LogP contribution is 2.35. The first-order chi connectivity index (χ1) is 10.5. The van der Waals surface area contributed by atoms with Crippen molar-refractivity contribution in [1.29, 1.82) is 0 Å². The minimum absolute atomic E-state index is 0.00188. The third-order valence-electron chi connectivity index (χ3n) is 5.00. The van der Waals surface area contributed by atoms with Crippen LogP contribution in [0.15, 0.2) is 18.2 Å². The van der Waals surface area contributed by atoms with E-state index in [4.69, 9.17) is 17.3 Å². The zero-order chi connectivity index (χ0) is 15.7. The summed E-state index contributed by atoms with van der Waals surface area (Å²) in [4.78, 5) is 14.5. The van der Waals surface area contributed by atoms with E-state index in [0.29, 0.717) is 35.1 Å². The highest BCUT2D eigenvalue weighted by Gasteiger charge is 2.38. The number of hydrogen-bond donors (Lipinski definition) is 2. The fourth-order valence-electron chi connectivity index (χ4n) is 3.85. The number of anilines is 1. The minimum atomic E-state index is -0.00188. The molecule has 3 rings (SSSR count). The number of likely N-dealkylation sites (tertiary alicyclic amines) is 1. The van der Waals surface area contributed by atoms with E-state index in [-0.39, 0.29) is 5.91 Å². The number of halogens is 1. The standard InChI is InChI=1S/C17H24ClN3O/c1-11-5-6-16(14(18)7-11)20-17(22)10-21-8-12-3-2-4-15(19)13(12)9-21/h5-7,12-13,15H,2-4,8-10,19H2,1H3,(H,20,22). The third-order valence-corrected chi connectivity index (χ3v) is 5.31. The molecule has 1 saturated heterocycles. The molecule has 1 aromatic carbocycles. The van der Waals surface area contributed by atoms with Gasteiger partial charge in [0, 0.05) is 19.1 Å². The molecule has 0 aromatic heterocycles. The molecule has 2 aliphatic rings. The molecule has 1 aliphatic carbocycles. The summed E-state index contributed by atoms with van der Waals surface area (Å²) in [5.41, 5.74) is 8.00. The SMILES string of the molecule is Cc1ccc(NC(=O)CN2CC3CCCC(N)C3C2)c(Cl)c1. The normalized spacial score (nSPS) is 28.4. The van der Waals surface area contributed by atoms with Crippen LogP contribution in [0.4, 0.5) is 5.69 Å². The Morgan fingerprint density at radius 1 is 1.41 bits per heavy atom. The van der Waals surface area contributed by atoms with Crippen molar-refractivity contribution in [3.8, 4) is 0 Å². The maximum atomic E-state index is 12.3. The number of fused-ring (bicyclic) bond motifs is 1. The van der Waals surface area contributed by atoms with Crippen LogP contribution in [-0.2, 0) is 4.79 Å². The van der Waals surface area contributed by atoms with Crippen LogP contribution >= 0.6 is 11.6 Å². The molecule has 3 atom stereocenters. The Kier molecular flexibility index (Phi) is 4.71. The average molecular weight is 322 g/mol. The lowest BCUT2D eigenvalue weighted by Gasteiger charge is -2.29. The Hall–Kier alpha value is -1.10. The second kappa shape index (κ2) is 6.57. The summed E-state index contributed by atoms with van der Waals surface area (Å²) in [5.74, 6) is 1.22. The van der Waals surface area contributed by atoms with Crippen LogP contribution in [0.25, 0.3) is 0 Å². The van der Waals surface area contributed by atoms with Crippen LogP contribution < -0.4 is 11.1 Å². The zero-order valence-corrected chi connectivity index (χ0v) is 13.8. The van der Waals surface area contributed by atoms with Gasteiger partial charge in [0.2, 0.25) is 5.91 Å². The molecule has 22 heavy (non-hydrogen) atoms. The summed E-state index contributed by atoms with van der Waals surface area (Å²) in [6.07, 6.45) is 3.60. The number of nitrogens with one attached hydrogen (secondary N) is 1. The summed E-state index contributed by atoms with van der Waals surface area (Å²) in [6.45, 7) is 4.34. The largest absolute Gasteiger partial charge is 0.327 e. The molecule has 5 heteroatoms. The predicted octanol–water partition coefficient (Wildman–Crippen LogP) is 2.65. The number of carbonyl (C=O) groups excluding carboxylic acids is 1. The summed E-state index contributed by atoms with van der Waals surface area (Å²) in [7, 11) is 0. The highest BCUT2D eigenvalue weighted by atomic mass is 35.5. The number of aryl methyl sites for hydroxylation is 1. The number of rotatable bonds is 3. The molecule has 0 radical (unpaired) electrons. The Morgan fingerprint density at radius 3 is 2.95 bits per heavy atom. The maximum absolute atomic E-state index is 12.3. The lowest BCUT2D eigenvalue weighted by Crippen LogP contribution is -2.38. The van der Waals surface area contributed by atoms with E-state index in [1.54, 1.807) is 0 Å². The van der Waals surface area contributed by atoms with Gasteiger partial charge in [-0.3, -0.25) is 9.69 Å². The van der Waals surface area contributed by atoms with Gasteiger partial charge in [-0.25, -0.2) is 0 Å². The molecule has 4 nitrogen and oxygen atoms in total. The van der Waals surface area contributed by atoms with Crippen LogP contribution in [0.3, 0.4) is 0 Å². The molecule has 2 fully saturated rings. The summed E-state index contributed by atoms with van der Waals surface area (Å²) >= 11 is 6.16. The minimum Gasteiger partial charge on any atom is -0.327 e. The molecule has 0 spiro atoms. The second-order valence-electron chi connectivity index (χ2n) is 6.74. The fourth-order valence-corrected chi connectivity index (χ4v) is 4.13. The van der Waals surface area contributed by atoms with Crippen molar-refractivity contribution < 1.29 is 4.79 Å². The number of nitrogens with two attached hydrogens (primary N) is 1. The van der Waals surface area contributed by atoms with Gasteiger partial charge in [-0.2, -0.15) is 0 Å². The maximum Gasteiger partial charge on any atom is 0.238 e. The Bertz CT molecular complexity index is 563. The number of benzene rings is 1.